The van der Waals surface area contributed by atoms with Crippen LogP contribution in [0.15, 0.2) is 17.1 Å². The molecule has 5 rings (SSSR count). The Hall–Kier alpha value is -2.19. The third-order valence-corrected chi connectivity index (χ3v) is 6.33. The smallest absolute Gasteiger partial charge is 0.318 e. The first kappa shape index (κ1) is 20.1. The Morgan fingerprint density at radius 2 is 2.07 bits per heavy atom. The molecule has 0 aromatic carbocycles. The van der Waals surface area contributed by atoms with Crippen LogP contribution in [0.3, 0.4) is 0 Å². The van der Waals surface area contributed by atoms with Crippen molar-refractivity contribution in [2.45, 2.75) is 32.9 Å². The number of hydrogen-bond donors (Lipinski definition) is 2. The van der Waals surface area contributed by atoms with Crippen LogP contribution in [0.2, 0.25) is 0 Å². The molecule has 4 aliphatic heterocycles. The van der Waals surface area contributed by atoms with E-state index in [9.17, 15) is 0 Å². The summed E-state index contributed by atoms with van der Waals surface area (Å²) >= 11 is 0. The minimum atomic E-state index is -0.200. The minimum absolute atomic E-state index is 0.107. The van der Waals surface area contributed by atoms with Gasteiger partial charge >= 0.3 is 6.01 Å². The number of nitrogens with one attached hydrogen (secondary N) is 1. The molecule has 1 aromatic rings. The highest BCUT2D eigenvalue weighted by Gasteiger charge is 2.37. The van der Waals surface area contributed by atoms with Crippen molar-refractivity contribution in [3.8, 4) is 6.01 Å². The lowest BCUT2D eigenvalue weighted by Gasteiger charge is -2.45. The highest BCUT2D eigenvalue weighted by atomic mass is 16.5. The first-order valence-corrected chi connectivity index (χ1v) is 10.6. The molecule has 5 heterocycles. The van der Waals surface area contributed by atoms with Crippen molar-refractivity contribution in [1.29, 1.82) is 0 Å². The van der Waals surface area contributed by atoms with Gasteiger partial charge in [0, 0.05) is 37.7 Å². The fourth-order valence-corrected chi connectivity index (χ4v) is 4.62. The number of aliphatic imine (C=N–C) groups is 1. The number of methoxy groups -OCH3 is 1. The van der Waals surface area contributed by atoms with Crippen molar-refractivity contribution in [2.24, 2.45) is 22.7 Å². The summed E-state index contributed by atoms with van der Waals surface area (Å²) in [5.41, 5.74) is 8.60. The lowest BCUT2D eigenvalue weighted by molar-refractivity contribution is 0.0687. The van der Waals surface area contributed by atoms with Crippen LogP contribution in [-0.4, -0.2) is 66.7 Å². The fourth-order valence-electron chi connectivity index (χ4n) is 4.62. The summed E-state index contributed by atoms with van der Waals surface area (Å²) in [5.74, 6) is 2.00. The van der Waals surface area contributed by atoms with E-state index in [0.29, 0.717) is 42.3 Å². The van der Waals surface area contributed by atoms with Gasteiger partial charge in [-0.15, -0.1) is 0 Å². The van der Waals surface area contributed by atoms with Gasteiger partial charge in [0.05, 0.1) is 18.0 Å². The van der Waals surface area contributed by atoms with E-state index in [1.165, 1.54) is 31.6 Å². The molecular formula is C21H32N6O2. The summed E-state index contributed by atoms with van der Waals surface area (Å²) in [6, 6.07) is 0.340. The molecule has 3 saturated heterocycles. The maximum atomic E-state index is 6.16. The third kappa shape index (κ3) is 4.23. The van der Waals surface area contributed by atoms with Crippen LogP contribution < -0.4 is 15.8 Å². The molecule has 158 valence electrons. The first-order chi connectivity index (χ1) is 14.1. The van der Waals surface area contributed by atoms with Crippen molar-refractivity contribution in [1.82, 2.24) is 14.9 Å². The predicted molar refractivity (Wildman–Crippen MR) is 114 cm³/mol. The van der Waals surface area contributed by atoms with Gasteiger partial charge in [0.25, 0.3) is 0 Å². The van der Waals surface area contributed by atoms with Crippen molar-refractivity contribution in [3.63, 3.8) is 0 Å². The van der Waals surface area contributed by atoms with Crippen molar-refractivity contribution in [3.05, 3.63) is 17.8 Å². The highest BCUT2D eigenvalue weighted by molar-refractivity contribution is 5.98. The molecule has 3 fully saturated rings. The molecule has 2 bridgehead atoms. The number of hydrogen-bond acceptors (Lipinski definition) is 8. The van der Waals surface area contributed by atoms with Crippen LogP contribution in [0, 0.1) is 24.7 Å². The van der Waals surface area contributed by atoms with Gasteiger partial charge in [0.15, 0.2) is 12.0 Å². The average molecular weight is 401 g/mol. The molecule has 0 aliphatic carbocycles. The SMILES string of the molecule is CCOc1nc(C)c(N)c(NCC2C=CC(C3CN4CCC3CC4)=NC2OC)n1. The van der Waals surface area contributed by atoms with Crippen molar-refractivity contribution in [2.75, 3.05) is 50.9 Å². The van der Waals surface area contributed by atoms with Gasteiger partial charge < -0.3 is 25.4 Å². The zero-order valence-corrected chi connectivity index (χ0v) is 17.6. The van der Waals surface area contributed by atoms with E-state index in [1.54, 1.807) is 7.11 Å². The monoisotopic (exact) mass is 400 g/mol. The number of piperidine rings is 3. The van der Waals surface area contributed by atoms with E-state index in [4.69, 9.17) is 20.2 Å². The lowest BCUT2D eigenvalue weighted by Crippen LogP contribution is -2.50. The first-order valence-electron chi connectivity index (χ1n) is 10.6. The van der Waals surface area contributed by atoms with E-state index < -0.39 is 0 Å². The molecule has 8 nitrogen and oxygen atoms in total. The number of nitrogens with zero attached hydrogens (tertiary/aromatic N) is 4. The van der Waals surface area contributed by atoms with E-state index in [-0.39, 0.29) is 12.1 Å². The van der Waals surface area contributed by atoms with E-state index in [2.05, 4.69) is 32.3 Å². The van der Waals surface area contributed by atoms with Crippen LogP contribution in [-0.2, 0) is 4.74 Å². The number of fused-ring (bicyclic) bond motifs is 3. The third-order valence-electron chi connectivity index (χ3n) is 6.33. The summed E-state index contributed by atoms with van der Waals surface area (Å²) in [7, 11) is 1.73. The summed E-state index contributed by atoms with van der Waals surface area (Å²) < 4.78 is 11.2. The largest absolute Gasteiger partial charge is 0.464 e. The van der Waals surface area contributed by atoms with Crippen LogP contribution in [0.25, 0.3) is 0 Å². The number of allylic oxidation sites excluding steroid dienone is 1. The van der Waals surface area contributed by atoms with Crippen molar-refractivity contribution >= 4 is 17.2 Å². The molecule has 0 saturated carbocycles. The molecule has 3 atom stereocenters. The second-order valence-corrected chi connectivity index (χ2v) is 8.12. The summed E-state index contributed by atoms with van der Waals surface area (Å²) in [4.78, 5) is 16.2. The Morgan fingerprint density at radius 1 is 1.28 bits per heavy atom. The number of dihydropyridines is 1. The molecule has 1 aromatic heterocycles. The number of rotatable bonds is 7. The van der Waals surface area contributed by atoms with Gasteiger partial charge in [-0.1, -0.05) is 6.08 Å². The Kier molecular flexibility index (Phi) is 6.01. The summed E-state index contributed by atoms with van der Waals surface area (Å²) in [5, 5.41) is 3.34. The molecule has 0 spiro atoms. The zero-order chi connectivity index (χ0) is 20.4. The molecule has 3 N–H and O–H groups in total. The molecule has 3 unspecified atom stereocenters. The van der Waals surface area contributed by atoms with E-state index in [1.807, 2.05) is 13.8 Å². The minimum Gasteiger partial charge on any atom is -0.464 e. The quantitative estimate of drug-likeness (QED) is 0.723. The Balaban J connectivity index is 1.43. The Bertz CT molecular complexity index is 788. The van der Waals surface area contributed by atoms with E-state index >= 15 is 0 Å². The number of nitrogen functional groups attached to an aromatic ring is 1. The van der Waals surface area contributed by atoms with Crippen molar-refractivity contribution < 1.29 is 9.47 Å². The van der Waals surface area contributed by atoms with Gasteiger partial charge in [0.1, 0.15) is 0 Å². The summed E-state index contributed by atoms with van der Waals surface area (Å²) in [6.07, 6.45) is 6.79. The standard InChI is InChI=1S/C21H32N6O2/c1-4-29-21-24-13(2)18(22)19(26-21)23-11-15-5-6-17(25-20(15)28-3)16-12-27-9-7-14(16)8-10-27/h5-6,14-16,20H,4,7-12,22H2,1-3H3,(H,23,24,26). The van der Waals surface area contributed by atoms with Gasteiger partial charge in [-0.3, -0.25) is 4.99 Å². The van der Waals surface area contributed by atoms with Gasteiger partial charge in [-0.05, 0) is 51.8 Å². The van der Waals surface area contributed by atoms with Crippen LogP contribution in [0.5, 0.6) is 6.01 Å². The van der Waals surface area contributed by atoms with Gasteiger partial charge in [0.2, 0.25) is 0 Å². The second-order valence-electron chi connectivity index (χ2n) is 8.12. The number of ether oxygens (including phenoxy) is 2. The highest BCUT2D eigenvalue weighted by Crippen LogP contribution is 2.35. The predicted octanol–water partition coefficient (Wildman–Crippen LogP) is 2.12. The number of anilines is 2. The molecule has 4 aliphatic rings. The number of aromatic nitrogens is 2. The molecule has 29 heavy (non-hydrogen) atoms. The van der Waals surface area contributed by atoms with Gasteiger partial charge in [-0.2, -0.15) is 9.97 Å². The normalized spacial score (nSPS) is 30.9. The van der Waals surface area contributed by atoms with Gasteiger partial charge in [-0.25, -0.2) is 0 Å². The molecule has 0 radical (unpaired) electrons. The summed E-state index contributed by atoms with van der Waals surface area (Å²) in [6.45, 7) is 8.50. The number of nitrogens with two attached hydrogens (primary N) is 1. The molecule has 0 amide bonds. The molecular weight excluding hydrogens is 368 g/mol. The maximum Gasteiger partial charge on any atom is 0.318 e. The van der Waals surface area contributed by atoms with Crippen LogP contribution in [0.4, 0.5) is 11.5 Å². The van der Waals surface area contributed by atoms with Crippen LogP contribution >= 0.6 is 0 Å². The molecule has 8 heteroatoms. The van der Waals surface area contributed by atoms with Crippen LogP contribution in [0.1, 0.15) is 25.5 Å². The maximum absolute atomic E-state index is 6.16. The Labute approximate surface area is 172 Å². The zero-order valence-electron chi connectivity index (χ0n) is 17.6. The average Bonchev–Trinajstić information content (AvgIpc) is 2.76. The topological polar surface area (TPSA) is 97.9 Å². The lowest BCUT2D eigenvalue weighted by atomic mass is 9.76. The number of aryl methyl sites for hydroxylation is 1. The second kappa shape index (κ2) is 8.67. The Morgan fingerprint density at radius 3 is 2.72 bits per heavy atom. The fraction of sp³-hybridized carbons (Fsp3) is 0.667. The van der Waals surface area contributed by atoms with E-state index in [0.717, 1.165) is 12.5 Å².